The van der Waals surface area contributed by atoms with E-state index in [9.17, 15) is 18.0 Å². The van der Waals surface area contributed by atoms with Gasteiger partial charge in [0.2, 0.25) is 10.0 Å². The lowest BCUT2D eigenvalue weighted by atomic mass is 10.0. The zero-order valence-electron chi connectivity index (χ0n) is 22.1. The van der Waals surface area contributed by atoms with Crippen molar-refractivity contribution >= 4 is 37.9 Å². The van der Waals surface area contributed by atoms with Crippen LogP contribution in [0.5, 0.6) is 5.75 Å². The zero-order chi connectivity index (χ0) is 28.0. The number of rotatable bonds is 7. The molecule has 40 heavy (non-hydrogen) atoms. The summed E-state index contributed by atoms with van der Waals surface area (Å²) >= 11 is 0. The topological polar surface area (TPSA) is 118 Å². The number of aryl methyl sites for hydroxylation is 3. The Hall–Kier alpha value is -4.21. The number of carbonyl (C=O) groups is 1. The van der Waals surface area contributed by atoms with Crippen LogP contribution < -0.4 is 15.1 Å². The second-order valence-electron chi connectivity index (χ2n) is 10.2. The number of ether oxygens (including phenoxy) is 1. The molecule has 0 fully saturated rings. The van der Waals surface area contributed by atoms with Crippen LogP contribution in [-0.2, 0) is 34.1 Å². The van der Waals surface area contributed by atoms with Crippen molar-refractivity contribution in [2.75, 3.05) is 0 Å². The Bertz CT molecular complexity index is 1940. The number of nitrogens with one attached hydrogen (secondary N) is 2. The molecule has 1 atom stereocenters. The molecule has 0 spiro atoms. The van der Waals surface area contributed by atoms with Gasteiger partial charge in [-0.05, 0) is 74.6 Å². The second-order valence-corrected chi connectivity index (χ2v) is 12.0. The molecule has 5 aromatic rings. The normalized spacial score (nSPS) is 13.9. The predicted octanol–water partition coefficient (Wildman–Crippen LogP) is 4.88. The molecule has 1 aliphatic carbocycles. The molecule has 0 saturated carbocycles. The lowest BCUT2D eigenvalue weighted by Crippen LogP contribution is -2.44. The van der Waals surface area contributed by atoms with Crippen LogP contribution in [0, 0.1) is 13.8 Å². The van der Waals surface area contributed by atoms with Gasteiger partial charge in [0.1, 0.15) is 17.4 Å². The van der Waals surface area contributed by atoms with Gasteiger partial charge in [0.25, 0.3) is 0 Å². The van der Waals surface area contributed by atoms with Gasteiger partial charge in [0.05, 0.1) is 4.90 Å². The number of para-hydroxylation sites is 1. The molecule has 2 heterocycles. The number of carbonyl (C=O) groups excluding carboxylic acids is 1. The highest BCUT2D eigenvalue weighted by molar-refractivity contribution is 7.89. The third kappa shape index (κ3) is 4.71. The van der Waals surface area contributed by atoms with Gasteiger partial charge in [-0.25, -0.2) is 18.0 Å². The molecule has 0 radical (unpaired) electrons. The molecule has 2 N–H and O–H groups in total. The molecular weight excluding hydrogens is 528 g/mol. The van der Waals surface area contributed by atoms with Crippen molar-refractivity contribution < 1.29 is 22.4 Å². The molecule has 9 heteroatoms. The van der Waals surface area contributed by atoms with Gasteiger partial charge in [-0.3, -0.25) is 0 Å². The summed E-state index contributed by atoms with van der Waals surface area (Å²) in [4.78, 5) is 29.4. The largest absolute Gasteiger partial charge is 0.425 e. The minimum atomic E-state index is -4.05. The molecule has 0 saturated heterocycles. The van der Waals surface area contributed by atoms with E-state index in [-0.39, 0.29) is 22.7 Å². The van der Waals surface area contributed by atoms with Crippen molar-refractivity contribution in [3.63, 3.8) is 0 Å². The van der Waals surface area contributed by atoms with Crippen molar-refractivity contribution in [1.29, 1.82) is 0 Å². The number of H-pyrrole nitrogens is 1. The lowest BCUT2D eigenvalue weighted by molar-refractivity contribution is -0.136. The number of benzene rings is 3. The first-order valence-electron chi connectivity index (χ1n) is 13.1. The van der Waals surface area contributed by atoms with Crippen LogP contribution in [-0.4, -0.2) is 25.4 Å². The Morgan fingerprint density at radius 3 is 2.55 bits per heavy atom. The lowest BCUT2D eigenvalue weighted by Gasteiger charge is -2.19. The average molecular weight is 557 g/mol. The van der Waals surface area contributed by atoms with E-state index < -0.39 is 22.0 Å². The molecule has 0 aliphatic heterocycles. The first-order valence-corrected chi connectivity index (χ1v) is 14.6. The molecule has 1 aliphatic rings. The summed E-state index contributed by atoms with van der Waals surface area (Å²) in [5.41, 5.74) is 4.76. The molecule has 3 aromatic carbocycles. The van der Waals surface area contributed by atoms with Gasteiger partial charge >= 0.3 is 11.6 Å². The van der Waals surface area contributed by atoms with Crippen LogP contribution in [0.25, 0.3) is 21.9 Å². The maximum atomic E-state index is 13.6. The van der Waals surface area contributed by atoms with E-state index in [0.29, 0.717) is 23.1 Å². The summed E-state index contributed by atoms with van der Waals surface area (Å²) in [7, 11) is -4.05. The SMILES string of the molecule is Cc1ccc(S(=O)(=O)N[C@H](Cc2c[nH]c3ccccc23)C(=O)Oc2ccc3c4c(c(=O)oc3c2C)CCC4)cc1. The maximum Gasteiger partial charge on any atom is 0.339 e. The first-order chi connectivity index (χ1) is 19.2. The number of fused-ring (bicyclic) bond motifs is 4. The predicted molar refractivity (Wildman–Crippen MR) is 152 cm³/mol. The third-order valence-corrected chi connectivity index (χ3v) is 9.05. The van der Waals surface area contributed by atoms with Crippen LogP contribution in [0.1, 0.15) is 34.2 Å². The second kappa shape index (κ2) is 10.1. The monoisotopic (exact) mass is 556 g/mol. The molecule has 6 rings (SSSR count). The smallest absolute Gasteiger partial charge is 0.339 e. The molecule has 0 amide bonds. The van der Waals surface area contributed by atoms with Crippen molar-refractivity contribution in [3.05, 3.63) is 105 Å². The standard InChI is InChI=1S/C31H28N2O6S/c1-18-10-12-21(13-11-18)40(36,37)33-27(16-20-17-32-26-9-4-3-6-22(20)26)31(35)38-28-15-14-24-23-7-5-8-25(23)30(34)39-29(24)19(28)2/h3-4,6,9-15,17,27,32-33H,5,7-8,16H2,1-2H3/t27-/m1/s1. The fourth-order valence-electron chi connectivity index (χ4n) is 5.42. The van der Waals surface area contributed by atoms with Gasteiger partial charge < -0.3 is 14.1 Å². The average Bonchev–Trinajstić information content (AvgIpc) is 3.59. The van der Waals surface area contributed by atoms with E-state index in [4.69, 9.17) is 9.15 Å². The summed E-state index contributed by atoms with van der Waals surface area (Å²) in [6.45, 7) is 3.59. The van der Waals surface area contributed by atoms with E-state index in [0.717, 1.165) is 45.8 Å². The van der Waals surface area contributed by atoms with Gasteiger partial charge in [0.15, 0.2) is 0 Å². The Morgan fingerprint density at radius 2 is 1.75 bits per heavy atom. The highest BCUT2D eigenvalue weighted by Gasteiger charge is 2.30. The number of aromatic nitrogens is 1. The fourth-order valence-corrected chi connectivity index (χ4v) is 6.60. The molecule has 0 bridgehead atoms. The number of sulfonamides is 1. The number of hydrogen-bond donors (Lipinski definition) is 2. The van der Waals surface area contributed by atoms with Gasteiger partial charge in [0, 0.05) is 40.0 Å². The Kier molecular flexibility index (Phi) is 6.56. The summed E-state index contributed by atoms with van der Waals surface area (Å²) in [6.07, 6.45) is 4.21. The van der Waals surface area contributed by atoms with Crippen LogP contribution >= 0.6 is 0 Å². The molecule has 204 valence electrons. The van der Waals surface area contributed by atoms with Crippen molar-refractivity contribution in [2.24, 2.45) is 0 Å². The van der Waals surface area contributed by atoms with Gasteiger partial charge in [-0.2, -0.15) is 4.72 Å². The van der Waals surface area contributed by atoms with Crippen LogP contribution in [0.2, 0.25) is 0 Å². The van der Waals surface area contributed by atoms with Gasteiger partial charge in [-0.15, -0.1) is 0 Å². The highest BCUT2D eigenvalue weighted by Crippen LogP contribution is 2.33. The number of aromatic amines is 1. The number of hydrogen-bond acceptors (Lipinski definition) is 6. The summed E-state index contributed by atoms with van der Waals surface area (Å²) in [5, 5.41) is 1.71. The molecule has 2 aromatic heterocycles. The first kappa shape index (κ1) is 26.0. The van der Waals surface area contributed by atoms with Crippen LogP contribution in [0.15, 0.2) is 81.0 Å². The Balaban J connectivity index is 1.35. The Labute approximate surface area is 231 Å². The summed E-state index contributed by atoms with van der Waals surface area (Å²) in [6, 6.07) is 16.2. The minimum Gasteiger partial charge on any atom is -0.425 e. The van der Waals surface area contributed by atoms with Crippen molar-refractivity contribution in [2.45, 2.75) is 50.5 Å². The maximum absolute atomic E-state index is 13.6. The third-order valence-electron chi connectivity index (χ3n) is 7.56. The van der Waals surface area contributed by atoms with E-state index in [2.05, 4.69) is 9.71 Å². The summed E-state index contributed by atoms with van der Waals surface area (Å²) in [5.74, 6) is -0.566. The van der Waals surface area contributed by atoms with E-state index in [1.165, 1.54) is 12.1 Å². The molecular formula is C31H28N2O6S. The quantitative estimate of drug-likeness (QED) is 0.168. The van der Waals surface area contributed by atoms with Gasteiger partial charge in [-0.1, -0.05) is 35.9 Å². The summed E-state index contributed by atoms with van der Waals surface area (Å²) < 4.78 is 40.6. The van der Waals surface area contributed by atoms with E-state index >= 15 is 0 Å². The number of esters is 1. The van der Waals surface area contributed by atoms with Crippen LogP contribution in [0.3, 0.4) is 0 Å². The zero-order valence-corrected chi connectivity index (χ0v) is 22.9. The van der Waals surface area contributed by atoms with Crippen LogP contribution in [0.4, 0.5) is 0 Å². The fraction of sp³-hybridized carbons (Fsp3) is 0.226. The molecule has 8 nitrogen and oxygen atoms in total. The minimum absolute atomic E-state index is 0.0485. The molecule has 0 unspecified atom stereocenters. The van der Waals surface area contributed by atoms with E-state index in [1.807, 2.05) is 31.2 Å². The van der Waals surface area contributed by atoms with Crippen molar-refractivity contribution in [3.8, 4) is 5.75 Å². The highest BCUT2D eigenvalue weighted by atomic mass is 32.2. The van der Waals surface area contributed by atoms with E-state index in [1.54, 1.807) is 37.4 Å². The Morgan fingerprint density at radius 1 is 1.00 bits per heavy atom. The van der Waals surface area contributed by atoms with Crippen molar-refractivity contribution in [1.82, 2.24) is 9.71 Å².